The molecular formula is C27H31FN6O6S2. The number of esters is 1. The Kier molecular flexibility index (Phi) is 9.01. The number of halogens is 1. The smallest absolute Gasteiger partial charge is 0.360 e. The van der Waals surface area contributed by atoms with Crippen LogP contribution in [0.3, 0.4) is 0 Å². The largest absolute Gasteiger partial charge is 0.497 e. The zero-order chi connectivity index (χ0) is 30.7. The SMILES string of the molecule is COc1ccc(CN(c2scnc2C(=O)OC(C)(C)C)S(=O)(=O)c2ccc(NC(=O)CN3CCNC3=N)c(F)c2)cc1. The van der Waals surface area contributed by atoms with Gasteiger partial charge in [-0.2, -0.15) is 0 Å². The van der Waals surface area contributed by atoms with Crippen molar-refractivity contribution in [2.75, 3.05) is 36.4 Å². The maximum Gasteiger partial charge on any atom is 0.360 e. The summed E-state index contributed by atoms with van der Waals surface area (Å²) in [7, 11) is -2.96. The van der Waals surface area contributed by atoms with E-state index in [-0.39, 0.29) is 35.4 Å². The van der Waals surface area contributed by atoms with Crippen LogP contribution in [0.1, 0.15) is 36.8 Å². The number of methoxy groups -OCH3 is 1. The molecule has 15 heteroatoms. The number of ether oxygens (including phenoxy) is 2. The van der Waals surface area contributed by atoms with Crippen molar-refractivity contribution in [2.24, 2.45) is 0 Å². The molecule has 1 fully saturated rings. The number of anilines is 2. The number of hydrogen-bond donors (Lipinski definition) is 3. The molecule has 3 N–H and O–H groups in total. The molecule has 0 bridgehead atoms. The van der Waals surface area contributed by atoms with Crippen LogP contribution < -0.4 is 19.7 Å². The Morgan fingerprint density at radius 1 is 1.21 bits per heavy atom. The Morgan fingerprint density at radius 2 is 1.93 bits per heavy atom. The Bertz CT molecular complexity index is 1590. The number of amides is 1. The van der Waals surface area contributed by atoms with Crippen LogP contribution in [-0.4, -0.2) is 68.5 Å². The van der Waals surface area contributed by atoms with Gasteiger partial charge in [-0.3, -0.25) is 14.5 Å². The van der Waals surface area contributed by atoms with Crippen molar-refractivity contribution in [1.82, 2.24) is 15.2 Å². The highest BCUT2D eigenvalue weighted by atomic mass is 32.2. The molecule has 2 heterocycles. The third-order valence-corrected chi connectivity index (χ3v) is 8.69. The van der Waals surface area contributed by atoms with Gasteiger partial charge in [0, 0.05) is 13.1 Å². The van der Waals surface area contributed by atoms with E-state index in [0.29, 0.717) is 24.4 Å². The van der Waals surface area contributed by atoms with Crippen molar-refractivity contribution in [3.8, 4) is 5.75 Å². The summed E-state index contributed by atoms with van der Waals surface area (Å²) in [5.41, 5.74) is 0.631. The standard InChI is InChI=1S/C27H31FN6O6S2/c1-27(2,3)40-25(36)23-24(41-16-31-23)34(14-17-5-7-18(39-4)8-6-17)42(37,38)19-9-10-21(20(28)13-19)32-22(35)15-33-12-11-30-26(33)29/h5-10,13,16H,11-12,14-15H2,1-4H3,(H2,29,30)(H,32,35). The van der Waals surface area contributed by atoms with Crippen LogP contribution in [0, 0.1) is 11.2 Å². The van der Waals surface area contributed by atoms with Gasteiger partial charge in [-0.15, -0.1) is 11.3 Å². The quantitative estimate of drug-likeness (QED) is 0.290. The van der Waals surface area contributed by atoms with Crippen molar-refractivity contribution in [1.29, 1.82) is 5.41 Å². The van der Waals surface area contributed by atoms with Gasteiger partial charge in [-0.1, -0.05) is 12.1 Å². The molecule has 0 aliphatic carbocycles. The molecule has 1 aromatic heterocycles. The molecule has 3 aromatic rings. The highest BCUT2D eigenvalue weighted by molar-refractivity contribution is 7.93. The topological polar surface area (TPSA) is 154 Å². The van der Waals surface area contributed by atoms with E-state index in [1.807, 2.05) is 0 Å². The third-order valence-electron chi connectivity index (χ3n) is 5.98. The third kappa shape index (κ3) is 7.15. The minimum absolute atomic E-state index is 0.000439. The molecule has 1 saturated heterocycles. The number of rotatable bonds is 10. The highest BCUT2D eigenvalue weighted by Gasteiger charge is 2.33. The van der Waals surface area contributed by atoms with Gasteiger partial charge in [-0.05, 0) is 56.7 Å². The molecule has 1 amide bonds. The molecule has 4 rings (SSSR count). The van der Waals surface area contributed by atoms with E-state index >= 15 is 4.39 Å². The molecule has 0 radical (unpaired) electrons. The van der Waals surface area contributed by atoms with Crippen molar-refractivity contribution < 1.29 is 31.9 Å². The first-order chi connectivity index (χ1) is 19.8. The van der Waals surface area contributed by atoms with E-state index in [9.17, 15) is 18.0 Å². The summed E-state index contributed by atoms with van der Waals surface area (Å²) >= 11 is 0.924. The first kappa shape index (κ1) is 30.7. The fourth-order valence-corrected chi connectivity index (χ4v) is 6.47. The second kappa shape index (κ2) is 12.3. The minimum atomic E-state index is -4.46. The molecule has 1 aliphatic heterocycles. The predicted octanol–water partition coefficient (Wildman–Crippen LogP) is 3.42. The molecule has 2 aromatic carbocycles. The van der Waals surface area contributed by atoms with E-state index in [4.69, 9.17) is 14.9 Å². The summed E-state index contributed by atoms with van der Waals surface area (Å²) in [5, 5.41) is 13.0. The van der Waals surface area contributed by atoms with Crippen LogP contribution >= 0.6 is 11.3 Å². The van der Waals surface area contributed by atoms with Gasteiger partial charge in [0.2, 0.25) is 5.91 Å². The molecule has 0 spiro atoms. The zero-order valence-electron chi connectivity index (χ0n) is 23.4. The van der Waals surface area contributed by atoms with Gasteiger partial charge in [-0.25, -0.2) is 22.6 Å². The predicted molar refractivity (Wildman–Crippen MR) is 156 cm³/mol. The number of guanidine groups is 1. The maximum absolute atomic E-state index is 15.2. The van der Waals surface area contributed by atoms with E-state index in [2.05, 4.69) is 15.6 Å². The van der Waals surface area contributed by atoms with E-state index in [0.717, 1.165) is 27.8 Å². The molecule has 224 valence electrons. The molecule has 12 nitrogen and oxygen atoms in total. The monoisotopic (exact) mass is 618 g/mol. The normalized spacial score (nSPS) is 13.5. The Morgan fingerprint density at radius 3 is 2.52 bits per heavy atom. The Hall–Kier alpha value is -4.24. The van der Waals surface area contributed by atoms with Crippen LogP contribution in [0.5, 0.6) is 5.75 Å². The van der Waals surface area contributed by atoms with E-state index in [1.54, 1.807) is 45.0 Å². The molecule has 42 heavy (non-hydrogen) atoms. The number of carbonyl (C=O) groups is 2. The highest BCUT2D eigenvalue weighted by Crippen LogP contribution is 2.34. The Balaban J connectivity index is 1.66. The van der Waals surface area contributed by atoms with Crippen molar-refractivity contribution >= 4 is 49.9 Å². The van der Waals surface area contributed by atoms with Crippen LogP contribution in [0.2, 0.25) is 0 Å². The molecule has 0 saturated carbocycles. The van der Waals surface area contributed by atoms with Crippen LogP contribution in [-0.2, 0) is 26.1 Å². The van der Waals surface area contributed by atoms with E-state index in [1.165, 1.54) is 23.6 Å². The summed E-state index contributed by atoms with van der Waals surface area (Å²) in [6, 6.07) is 9.80. The van der Waals surface area contributed by atoms with Gasteiger partial charge >= 0.3 is 5.97 Å². The molecule has 1 aliphatic rings. The lowest BCUT2D eigenvalue weighted by atomic mass is 10.2. The minimum Gasteiger partial charge on any atom is -0.497 e. The number of aromatic nitrogens is 1. The fraction of sp³-hybridized carbons (Fsp3) is 0.333. The van der Waals surface area contributed by atoms with Gasteiger partial charge in [0.1, 0.15) is 28.7 Å². The lowest BCUT2D eigenvalue weighted by Gasteiger charge is -2.25. The second-order valence-corrected chi connectivity index (χ2v) is 13.0. The average molecular weight is 619 g/mol. The summed E-state index contributed by atoms with van der Waals surface area (Å²) in [6.45, 7) is 5.64. The number of thiazole rings is 1. The van der Waals surface area contributed by atoms with Crippen molar-refractivity contribution in [3.05, 3.63) is 65.0 Å². The fourth-order valence-electron chi connectivity index (χ4n) is 3.99. The zero-order valence-corrected chi connectivity index (χ0v) is 25.1. The average Bonchev–Trinajstić information content (AvgIpc) is 3.57. The second-order valence-electron chi connectivity index (χ2n) is 10.3. The number of hydrogen-bond acceptors (Lipinski definition) is 9. The number of nitrogens with one attached hydrogen (secondary N) is 3. The maximum atomic E-state index is 15.2. The summed E-state index contributed by atoms with van der Waals surface area (Å²) < 4.78 is 54.8. The van der Waals surface area contributed by atoms with Gasteiger partial charge in [0.25, 0.3) is 10.0 Å². The van der Waals surface area contributed by atoms with Gasteiger partial charge in [0.05, 0.1) is 29.7 Å². The van der Waals surface area contributed by atoms with E-state index < -0.39 is 38.2 Å². The van der Waals surface area contributed by atoms with Gasteiger partial charge < -0.3 is 25.0 Å². The van der Waals surface area contributed by atoms with Crippen LogP contribution in [0.25, 0.3) is 0 Å². The van der Waals surface area contributed by atoms with Crippen LogP contribution in [0.4, 0.5) is 15.1 Å². The molecule has 0 unspecified atom stereocenters. The summed E-state index contributed by atoms with van der Waals surface area (Å²) in [6.07, 6.45) is 0. The Labute approximate surface area is 247 Å². The summed E-state index contributed by atoms with van der Waals surface area (Å²) in [4.78, 5) is 30.6. The summed E-state index contributed by atoms with van der Waals surface area (Å²) in [5.74, 6) is -1.68. The molecule has 0 atom stereocenters. The van der Waals surface area contributed by atoms with Crippen LogP contribution in [0.15, 0.2) is 52.9 Å². The lowest BCUT2D eigenvalue weighted by molar-refractivity contribution is -0.116. The lowest BCUT2D eigenvalue weighted by Crippen LogP contribution is -2.36. The van der Waals surface area contributed by atoms with Crippen molar-refractivity contribution in [3.63, 3.8) is 0 Å². The van der Waals surface area contributed by atoms with Gasteiger partial charge in [0.15, 0.2) is 11.7 Å². The number of carbonyl (C=O) groups excluding carboxylic acids is 2. The molecular weight excluding hydrogens is 587 g/mol. The first-order valence-electron chi connectivity index (χ1n) is 12.8. The van der Waals surface area contributed by atoms with Crippen molar-refractivity contribution in [2.45, 2.75) is 37.8 Å². The number of nitrogens with zero attached hydrogens (tertiary/aromatic N) is 3. The number of sulfonamides is 1. The number of benzene rings is 2. The first-order valence-corrected chi connectivity index (χ1v) is 15.1.